The molecule has 0 heterocycles. The second-order valence-electron chi connectivity index (χ2n) is 6.11. The fourth-order valence-electron chi connectivity index (χ4n) is 2.51. The van der Waals surface area contributed by atoms with Gasteiger partial charge in [-0.25, -0.2) is 4.99 Å². The SMILES string of the molecule is COc1ccccc1OC(C)C(=Nc1ccc(C)cc1)Sc1ccccc1. The lowest BCUT2D eigenvalue weighted by atomic mass is 10.2. The summed E-state index contributed by atoms with van der Waals surface area (Å²) in [6.45, 7) is 4.08. The Morgan fingerprint density at radius 2 is 1.48 bits per heavy atom. The molecule has 0 fully saturated rings. The highest BCUT2D eigenvalue weighted by atomic mass is 32.2. The van der Waals surface area contributed by atoms with Crippen LogP contribution in [0.5, 0.6) is 11.5 Å². The summed E-state index contributed by atoms with van der Waals surface area (Å²) in [7, 11) is 1.65. The van der Waals surface area contributed by atoms with E-state index in [0.29, 0.717) is 11.5 Å². The van der Waals surface area contributed by atoms with Gasteiger partial charge < -0.3 is 9.47 Å². The third-order valence-corrected chi connectivity index (χ3v) is 5.10. The van der Waals surface area contributed by atoms with Gasteiger partial charge in [0.15, 0.2) is 11.5 Å². The van der Waals surface area contributed by atoms with Crippen molar-refractivity contribution in [3.8, 4) is 11.5 Å². The molecule has 3 aromatic rings. The molecule has 0 radical (unpaired) electrons. The van der Waals surface area contributed by atoms with Gasteiger partial charge in [0.2, 0.25) is 0 Å². The highest BCUT2D eigenvalue weighted by molar-refractivity contribution is 8.14. The zero-order valence-electron chi connectivity index (χ0n) is 15.8. The van der Waals surface area contributed by atoms with Crippen molar-refractivity contribution in [1.29, 1.82) is 0 Å². The molecule has 0 saturated carbocycles. The summed E-state index contributed by atoms with van der Waals surface area (Å²) in [6, 6.07) is 26.1. The summed E-state index contributed by atoms with van der Waals surface area (Å²) in [6.07, 6.45) is -0.229. The van der Waals surface area contributed by atoms with Crippen LogP contribution in [-0.4, -0.2) is 18.3 Å². The normalized spacial score (nSPS) is 12.5. The Bertz CT molecular complexity index is 892. The first kappa shape index (κ1) is 19.1. The largest absolute Gasteiger partial charge is 0.493 e. The Hall–Kier alpha value is -2.72. The van der Waals surface area contributed by atoms with Gasteiger partial charge in [-0.2, -0.15) is 0 Å². The number of ether oxygens (including phenoxy) is 2. The molecule has 3 rings (SSSR count). The Labute approximate surface area is 165 Å². The van der Waals surface area contributed by atoms with Crippen LogP contribution in [0.15, 0.2) is 88.8 Å². The van der Waals surface area contributed by atoms with Gasteiger partial charge in [0.25, 0.3) is 0 Å². The van der Waals surface area contributed by atoms with E-state index in [-0.39, 0.29) is 6.10 Å². The molecule has 0 amide bonds. The van der Waals surface area contributed by atoms with Crippen molar-refractivity contribution in [3.05, 3.63) is 84.4 Å². The summed E-state index contributed by atoms with van der Waals surface area (Å²) in [5.41, 5.74) is 2.12. The average molecular weight is 378 g/mol. The van der Waals surface area contributed by atoms with Crippen molar-refractivity contribution in [2.75, 3.05) is 7.11 Å². The van der Waals surface area contributed by atoms with Crippen LogP contribution in [0.3, 0.4) is 0 Å². The van der Waals surface area contributed by atoms with Crippen molar-refractivity contribution in [2.45, 2.75) is 24.8 Å². The Balaban J connectivity index is 1.89. The lowest BCUT2D eigenvalue weighted by Crippen LogP contribution is -2.21. The van der Waals surface area contributed by atoms with Gasteiger partial charge in [0.05, 0.1) is 12.8 Å². The van der Waals surface area contributed by atoms with E-state index in [1.165, 1.54) is 5.56 Å². The molecule has 1 atom stereocenters. The minimum absolute atomic E-state index is 0.229. The van der Waals surface area contributed by atoms with Crippen LogP contribution in [0.2, 0.25) is 0 Å². The molecular weight excluding hydrogens is 354 g/mol. The minimum Gasteiger partial charge on any atom is -0.493 e. The molecule has 0 N–H and O–H groups in total. The van der Waals surface area contributed by atoms with E-state index in [2.05, 4.69) is 31.2 Å². The lowest BCUT2D eigenvalue weighted by molar-refractivity contribution is 0.271. The van der Waals surface area contributed by atoms with E-state index in [1.54, 1.807) is 18.9 Å². The molecule has 27 heavy (non-hydrogen) atoms. The summed E-state index contributed by atoms with van der Waals surface area (Å²) in [4.78, 5) is 5.98. The maximum Gasteiger partial charge on any atom is 0.162 e. The van der Waals surface area contributed by atoms with Gasteiger partial charge in [-0.15, -0.1) is 0 Å². The highest BCUT2D eigenvalue weighted by Crippen LogP contribution is 2.30. The van der Waals surface area contributed by atoms with Crippen LogP contribution >= 0.6 is 11.8 Å². The quantitative estimate of drug-likeness (QED) is 0.287. The summed E-state index contributed by atoms with van der Waals surface area (Å²) in [5.74, 6) is 1.42. The molecule has 4 heteroatoms. The summed E-state index contributed by atoms with van der Waals surface area (Å²) in [5, 5.41) is 0.885. The number of aryl methyl sites for hydroxylation is 1. The van der Waals surface area contributed by atoms with Crippen LogP contribution in [-0.2, 0) is 0 Å². The van der Waals surface area contributed by atoms with Gasteiger partial charge in [0, 0.05) is 4.90 Å². The van der Waals surface area contributed by atoms with Crippen LogP contribution in [0, 0.1) is 6.92 Å². The third kappa shape index (κ3) is 5.38. The van der Waals surface area contributed by atoms with Gasteiger partial charge in [-0.05, 0) is 50.2 Å². The second-order valence-corrected chi connectivity index (χ2v) is 7.21. The number of thioether (sulfide) groups is 1. The maximum atomic E-state index is 6.19. The van der Waals surface area contributed by atoms with E-state index >= 15 is 0 Å². The van der Waals surface area contributed by atoms with Gasteiger partial charge in [-0.1, -0.05) is 59.8 Å². The van der Waals surface area contributed by atoms with Gasteiger partial charge in [-0.3, -0.25) is 0 Å². The van der Waals surface area contributed by atoms with Gasteiger partial charge >= 0.3 is 0 Å². The molecule has 3 nitrogen and oxygen atoms in total. The molecule has 1 unspecified atom stereocenters. The monoisotopic (exact) mass is 377 g/mol. The molecule has 0 bridgehead atoms. The van der Waals surface area contributed by atoms with Crippen molar-refractivity contribution in [2.24, 2.45) is 4.99 Å². The van der Waals surface area contributed by atoms with Crippen molar-refractivity contribution < 1.29 is 9.47 Å². The second kappa shape index (κ2) is 9.28. The molecule has 0 aromatic heterocycles. The van der Waals surface area contributed by atoms with Crippen molar-refractivity contribution in [1.82, 2.24) is 0 Å². The van der Waals surface area contributed by atoms with E-state index in [0.717, 1.165) is 15.6 Å². The molecular formula is C23H23NO2S. The Morgan fingerprint density at radius 3 is 2.15 bits per heavy atom. The first-order valence-electron chi connectivity index (χ1n) is 8.83. The van der Waals surface area contributed by atoms with Crippen LogP contribution in [0.25, 0.3) is 0 Å². The maximum absolute atomic E-state index is 6.19. The first-order chi connectivity index (χ1) is 13.2. The van der Waals surface area contributed by atoms with E-state index in [4.69, 9.17) is 14.5 Å². The smallest absolute Gasteiger partial charge is 0.162 e. The fraction of sp³-hybridized carbons (Fsp3) is 0.174. The standard InChI is InChI=1S/C23H23NO2S/c1-17-13-15-19(16-14-17)24-23(27-20-9-5-4-6-10-20)18(2)26-22-12-8-7-11-21(22)25-3/h4-16,18H,1-3H3. The number of benzene rings is 3. The molecule has 3 aromatic carbocycles. The summed E-state index contributed by atoms with van der Waals surface area (Å²) >= 11 is 1.61. The zero-order chi connectivity index (χ0) is 19.1. The minimum atomic E-state index is -0.229. The molecule has 138 valence electrons. The highest BCUT2D eigenvalue weighted by Gasteiger charge is 2.17. The average Bonchev–Trinajstić information content (AvgIpc) is 2.70. The molecule has 0 aliphatic rings. The third-order valence-electron chi connectivity index (χ3n) is 3.96. The number of rotatable bonds is 6. The lowest BCUT2D eigenvalue weighted by Gasteiger charge is -2.18. The van der Waals surface area contributed by atoms with Crippen LogP contribution < -0.4 is 9.47 Å². The predicted octanol–water partition coefficient (Wildman–Crippen LogP) is 6.29. The van der Waals surface area contributed by atoms with Crippen LogP contribution in [0.4, 0.5) is 5.69 Å². The van der Waals surface area contributed by atoms with Crippen molar-refractivity contribution >= 4 is 22.5 Å². The van der Waals surface area contributed by atoms with Crippen LogP contribution in [0.1, 0.15) is 12.5 Å². The van der Waals surface area contributed by atoms with E-state index in [9.17, 15) is 0 Å². The Kier molecular flexibility index (Phi) is 6.55. The van der Waals surface area contributed by atoms with Crippen molar-refractivity contribution in [3.63, 3.8) is 0 Å². The Morgan fingerprint density at radius 1 is 0.852 bits per heavy atom. The number of para-hydroxylation sites is 2. The first-order valence-corrected chi connectivity index (χ1v) is 9.65. The van der Waals surface area contributed by atoms with Gasteiger partial charge in [0.1, 0.15) is 11.1 Å². The van der Waals surface area contributed by atoms with E-state index < -0.39 is 0 Å². The summed E-state index contributed by atoms with van der Waals surface area (Å²) < 4.78 is 11.6. The molecule has 0 spiro atoms. The fourth-order valence-corrected chi connectivity index (χ4v) is 3.41. The number of nitrogens with zero attached hydrogens (tertiary/aromatic N) is 1. The number of hydrogen-bond acceptors (Lipinski definition) is 4. The predicted molar refractivity (Wildman–Crippen MR) is 114 cm³/mol. The topological polar surface area (TPSA) is 30.8 Å². The number of aliphatic imine (C=N–C) groups is 1. The van der Waals surface area contributed by atoms with E-state index in [1.807, 2.05) is 61.5 Å². The zero-order valence-corrected chi connectivity index (χ0v) is 16.6. The molecule has 0 aliphatic carbocycles. The number of methoxy groups -OCH3 is 1. The number of hydrogen-bond donors (Lipinski definition) is 0. The molecule has 0 saturated heterocycles. The molecule has 0 aliphatic heterocycles.